The van der Waals surface area contributed by atoms with Crippen LogP contribution in [0.1, 0.15) is 24.1 Å². The molecule has 2 aromatic rings. The first-order chi connectivity index (χ1) is 13.2. The molecule has 0 spiro atoms. The summed E-state index contributed by atoms with van der Waals surface area (Å²) in [6.07, 6.45) is 6.20. The maximum atomic E-state index is 13.1. The van der Waals surface area contributed by atoms with Crippen molar-refractivity contribution in [3.05, 3.63) is 53.2 Å². The second-order valence-corrected chi connectivity index (χ2v) is 7.86. The van der Waals surface area contributed by atoms with Gasteiger partial charge in [0, 0.05) is 22.4 Å². The zero-order valence-electron chi connectivity index (χ0n) is 15.0. The smallest absolute Gasteiger partial charge is 0.247 e. The second kappa shape index (κ2) is 8.33. The highest BCUT2D eigenvalue weighted by atomic mass is 32.1. The molecule has 0 radical (unpaired) electrons. The van der Waals surface area contributed by atoms with E-state index in [2.05, 4.69) is 0 Å². The minimum absolute atomic E-state index is 0.00323. The summed E-state index contributed by atoms with van der Waals surface area (Å²) in [5.74, 6) is -0.247. The largest absolute Gasteiger partial charge is 0.348 e. The maximum Gasteiger partial charge on any atom is 0.247 e. The zero-order valence-corrected chi connectivity index (χ0v) is 15.8. The average Bonchev–Trinajstić information content (AvgIpc) is 3.39. The molecule has 2 saturated heterocycles. The maximum absolute atomic E-state index is 13.1. The number of rotatable bonds is 4. The van der Waals surface area contributed by atoms with Gasteiger partial charge in [-0.15, -0.1) is 11.3 Å². The van der Waals surface area contributed by atoms with Gasteiger partial charge in [-0.3, -0.25) is 4.79 Å². The molecule has 1 aromatic heterocycles. The third-order valence-corrected chi connectivity index (χ3v) is 6.04. The first-order valence-electron chi connectivity index (χ1n) is 9.28. The van der Waals surface area contributed by atoms with Crippen molar-refractivity contribution in [2.75, 3.05) is 19.8 Å². The van der Waals surface area contributed by atoms with Crippen molar-refractivity contribution in [1.82, 2.24) is 4.90 Å². The Morgan fingerprint density at radius 1 is 1.11 bits per heavy atom. The molecule has 0 N–H and O–H groups in total. The van der Waals surface area contributed by atoms with E-state index in [1.165, 1.54) is 12.1 Å². The number of benzene rings is 1. The summed E-state index contributed by atoms with van der Waals surface area (Å²) in [5.41, 5.74) is 0.971. The number of carbonyl (C=O) groups is 1. The predicted molar refractivity (Wildman–Crippen MR) is 104 cm³/mol. The van der Waals surface area contributed by atoms with Crippen LogP contribution >= 0.6 is 11.3 Å². The van der Waals surface area contributed by atoms with Crippen LogP contribution in [0.15, 0.2) is 42.5 Å². The fourth-order valence-electron chi connectivity index (χ4n) is 3.57. The van der Waals surface area contributed by atoms with Crippen molar-refractivity contribution in [3.63, 3.8) is 0 Å². The minimum Gasteiger partial charge on any atom is -0.348 e. The number of nitrogens with zero attached hydrogens (tertiary/aromatic N) is 1. The van der Waals surface area contributed by atoms with Gasteiger partial charge in [-0.05, 0) is 55.2 Å². The Hall–Kier alpha value is -2.02. The van der Waals surface area contributed by atoms with E-state index in [-0.39, 0.29) is 24.1 Å². The van der Waals surface area contributed by atoms with Gasteiger partial charge in [0.1, 0.15) is 5.82 Å². The van der Waals surface area contributed by atoms with E-state index >= 15 is 0 Å². The lowest BCUT2D eigenvalue weighted by Gasteiger charge is -2.37. The summed E-state index contributed by atoms with van der Waals surface area (Å²) < 4.78 is 24.3. The van der Waals surface area contributed by atoms with Gasteiger partial charge < -0.3 is 14.4 Å². The number of carbonyl (C=O) groups excluding carboxylic acids is 1. The van der Waals surface area contributed by atoms with Gasteiger partial charge in [0.25, 0.3) is 0 Å². The monoisotopic (exact) mass is 387 g/mol. The van der Waals surface area contributed by atoms with Gasteiger partial charge in [-0.1, -0.05) is 12.1 Å². The fraction of sp³-hybridized carbons (Fsp3) is 0.381. The van der Waals surface area contributed by atoms with Crippen molar-refractivity contribution in [2.24, 2.45) is 0 Å². The summed E-state index contributed by atoms with van der Waals surface area (Å²) in [4.78, 5) is 16.7. The highest BCUT2D eigenvalue weighted by Gasteiger charge is 2.35. The number of amides is 1. The van der Waals surface area contributed by atoms with Crippen LogP contribution in [0.25, 0.3) is 16.5 Å². The van der Waals surface area contributed by atoms with Crippen molar-refractivity contribution in [2.45, 2.75) is 31.6 Å². The Bertz CT molecular complexity index is 811. The quantitative estimate of drug-likeness (QED) is 0.734. The first kappa shape index (κ1) is 18.3. The summed E-state index contributed by atoms with van der Waals surface area (Å²) >= 11 is 1.58. The van der Waals surface area contributed by atoms with Gasteiger partial charge in [-0.25, -0.2) is 4.39 Å². The lowest BCUT2D eigenvalue weighted by Crippen LogP contribution is -2.49. The van der Waals surface area contributed by atoms with Crippen molar-refractivity contribution in [1.29, 1.82) is 0 Å². The minimum atomic E-state index is -0.297. The zero-order chi connectivity index (χ0) is 18.6. The molecule has 0 bridgehead atoms. The van der Waals surface area contributed by atoms with Gasteiger partial charge >= 0.3 is 0 Å². The Labute approximate surface area is 162 Å². The number of halogens is 1. The molecular formula is C21H22FNO3S. The highest BCUT2D eigenvalue weighted by Crippen LogP contribution is 2.29. The molecule has 2 aliphatic rings. The first-order valence-corrected chi connectivity index (χ1v) is 10.1. The second-order valence-electron chi connectivity index (χ2n) is 6.75. The lowest BCUT2D eigenvalue weighted by molar-refractivity contribution is -0.145. The molecule has 142 valence electrons. The summed E-state index contributed by atoms with van der Waals surface area (Å²) in [6, 6.07) is 10.4. The molecule has 4 rings (SSSR count). The summed E-state index contributed by atoms with van der Waals surface area (Å²) in [6.45, 7) is 1.93. The number of piperidine rings is 1. The van der Waals surface area contributed by atoms with Gasteiger partial charge in [0.15, 0.2) is 6.29 Å². The molecule has 2 fully saturated rings. The number of hydrogen-bond donors (Lipinski definition) is 0. The van der Waals surface area contributed by atoms with Gasteiger partial charge in [-0.2, -0.15) is 0 Å². The van der Waals surface area contributed by atoms with Crippen LogP contribution in [0.3, 0.4) is 0 Å². The fourth-order valence-corrected chi connectivity index (χ4v) is 4.49. The molecular weight excluding hydrogens is 365 g/mol. The van der Waals surface area contributed by atoms with E-state index < -0.39 is 0 Å². The number of hydrogen-bond acceptors (Lipinski definition) is 4. The molecule has 1 aromatic carbocycles. The van der Waals surface area contributed by atoms with E-state index in [1.807, 2.05) is 23.1 Å². The Kier molecular flexibility index (Phi) is 5.66. The van der Waals surface area contributed by atoms with E-state index in [0.29, 0.717) is 13.2 Å². The topological polar surface area (TPSA) is 38.8 Å². The van der Waals surface area contributed by atoms with Gasteiger partial charge in [0.2, 0.25) is 5.91 Å². The Balaban J connectivity index is 1.44. The molecule has 27 heavy (non-hydrogen) atoms. The molecule has 3 heterocycles. The molecule has 6 heteroatoms. The number of ether oxygens (including phenoxy) is 2. The van der Waals surface area contributed by atoms with E-state index in [9.17, 15) is 9.18 Å². The molecule has 2 aliphatic heterocycles. The molecule has 0 aliphatic carbocycles. The van der Waals surface area contributed by atoms with E-state index in [0.717, 1.165) is 41.1 Å². The third kappa shape index (κ3) is 4.29. The van der Waals surface area contributed by atoms with E-state index in [1.54, 1.807) is 29.5 Å². The van der Waals surface area contributed by atoms with E-state index in [4.69, 9.17) is 9.47 Å². The molecule has 1 amide bonds. The molecule has 4 nitrogen and oxygen atoms in total. The average molecular weight is 387 g/mol. The standard InChI is InChI=1S/C21H22FNO3S/c22-16-6-4-15(5-7-16)19-10-8-17(27-19)9-11-20(24)23-12-2-1-3-18(23)21-25-13-14-26-21/h4-11,18,21H,1-3,12-14H2/b11-9+. The molecule has 1 atom stereocenters. The van der Waals surface area contributed by atoms with Crippen LogP contribution in [0.5, 0.6) is 0 Å². The Morgan fingerprint density at radius 3 is 2.67 bits per heavy atom. The lowest BCUT2D eigenvalue weighted by atomic mass is 10.0. The number of thiophene rings is 1. The van der Waals surface area contributed by atoms with Gasteiger partial charge in [0.05, 0.1) is 19.3 Å². The van der Waals surface area contributed by atoms with Crippen LogP contribution in [0.4, 0.5) is 4.39 Å². The van der Waals surface area contributed by atoms with Crippen molar-refractivity contribution < 1.29 is 18.7 Å². The Morgan fingerprint density at radius 2 is 1.89 bits per heavy atom. The van der Waals surface area contributed by atoms with Crippen LogP contribution < -0.4 is 0 Å². The van der Waals surface area contributed by atoms with Crippen LogP contribution in [0.2, 0.25) is 0 Å². The van der Waals surface area contributed by atoms with Crippen LogP contribution in [-0.4, -0.2) is 42.9 Å². The summed E-state index contributed by atoms with van der Waals surface area (Å²) in [5, 5.41) is 0. The third-order valence-electron chi connectivity index (χ3n) is 4.94. The SMILES string of the molecule is O=C(/C=C/c1ccc(-c2ccc(F)cc2)s1)N1CCCCC1C1OCCO1. The number of likely N-dealkylation sites (tertiary alicyclic amines) is 1. The van der Waals surface area contributed by atoms with Crippen LogP contribution in [-0.2, 0) is 14.3 Å². The normalized spacial score (nSPS) is 21.2. The van der Waals surface area contributed by atoms with Crippen molar-refractivity contribution in [3.8, 4) is 10.4 Å². The molecule has 0 saturated carbocycles. The van der Waals surface area contributed by atoms with Crippen LogP contribution in [0, 0.1) is 5.82 Å². The summed E-state index contributed by atoms with van der Waals surface area (Å²) in [7, 11) is 0. The highest BCUT2D eigenvalue weighted by molar-refractivity contribution is 7.16. The molecule has 1 unspecified atom stereocenters. The predicted octanol–water partition coefficient (Wildman–Crippen LogP) is 4.32. The van der Waals surface area contributed by atoms with Crippen molar-refractivity contribution >= 4 is 23.3 Å².